The monoisotopic (exact) mass is 432 g/mol. The van der Waals surface area contributed by atoms with Crippen LogP contribution in [0.3, 0.4) is 0 Å². The number of para-hydroxylation sites is 1. The number of nitrogens with zero attached hydrogens (tertiary/aromatic N) is 2. The number of fused-ring (bicyclic) bond motifs is 3. The third-order valence-corrected chi connectivity index (χ3v) is 5.41. The molecule has 0 aliphatic rings. The lowest BCUT2D eigenvalue weighted by atomic mass is 9.98. The Morgan fingerprint density at radius 2 is 1.50 bits per heavy atom. The smallest absolute Gasteiger partial charge is 0.421 e. The molecular formula is C25H24N2O5. The highest BCUT2D eigenvalue weighted by Crippen LogP contribution is 2.37. The Balaban J connectivity index is 2.31. The molecule has 0 saturated heterocycles. The first-order valence-electron chi connectivity index (χ1n) is 10.5. The van der Waals surface area contributed by atoms with Crippen LogP contribution in [0.2, 0.25) is 0 Å². The first-order chi connectivity index (χ1) is 15.4. The van der Waals surface area contributed by atoms with Crippen LogP contribution in [0.1, 0.15) is 25.0 Å². The Labute approximate surface area is 184 Å². The molecule has 0 N–H and O–H groups in total. The van der Waals surface area contributed by atoms with Crippen molar-refractivity contribution in [2.45, 2.75) is 27.7 Å². The fraction of sp³-hybridized carbons (Fsp3) is 0.240. The average molecular weight is 432 g/mol. The molecule has 0 unspecified atom stereocenters. The van der Waals surface area contributed by atoms with Gasteiger partial charge in [-0.25, -0.2) is 18.7 Å². The summed E-state index contributed by atoms with van der Waals surface area (Å²) in [4.78, 5) is 39.5. The van der Waals surface area contributed by atoms with Crippen molar-refractivity contribution in [1.82, 2.24) is 9.13 Å². The Bertz CT molecular complexity index is 1430. The minimum absolute atomic E-state index is 0.113. The van der Waals surface area contributed by atoms with Gasteiger partial charge in [0.25, 0.3) is 5.56 Å². The van der Waals surface area contributed by atoms with E-state index in [1.165, 1.54) is 4.57 Å². The summed E-state index contributed by atoms with van der Waals surface area (Å²) in [6.45, 7) is 7.31. The second-order valence-corrected chi connectivity index (χ2v) is 7.46. The van der Waals surface area contributed by atoms with Crippen molar-refractivity contribution >= 4 is 34.1 Å². The van der Waals surface area contributed by atoms with Gasteiger partial charge in [0.1, 0.15) is 0 Å². The van der Waals surface area contributed by atoms with Gasteiger partial charge >= 0.3 is 12.2 Å². The molecule has 0 radical (unpaired) electrons. The number of aryl methyl sites for hydroxylation is 1. The predicted octanol–water partition coefficient (Wildman–Crippen LogP) is 5.25. The summed E-state index contributed by atoms with van der Waals surface area (Å²) in [7, 11) is 0. The minimum atomic E-state index is -0.784. The molecule has 0 aliphatic carbocycles. The third kappa shape index (κ3) is 3.26. The molecule has 0 bridgehead atoms. The first kappa shape index (κ1) is 21.4. The molecule has 0 aliphatic heterocycles. The van der Waals surface area contributed by atoms with Gasteiger partial charge in [0.2, 0.25) is 0 Å². The molecule has 4 rings (SSSR count). The Kier molecular flexibility index (Phi) is 5.57. The van der Waals surface area contributed by atoms with Gasteiger partial charge in [-0.15, -0.1) is 0 Å². The maximum atomic E-state index is 13.5. The summed E-state index contributed by atoms with van der Waals surface area (Å²) in [5.74, 6) is 0. The second-order valence-electron chi connectivity index (χ2n) is 7.46. The van der Waals surface area contributed by atoms with E-state index < -0.39 is 17.7 Å². The van der Waals surface area contributed by atoms with Crippen LogP contribution in [0.25, 0.3) is 33.1 Å². The quantitative estimate of drug-likeness (QED) is 0.442. The van der Waals surface area contributed by atoms with E-state index in [4.69, 9.17) is 9.47 Å². The average Bonchev–Trinajstić information content (AvgIpc) is 3.09. The van der Waals surface area contributed by atoms with Crippen molar-refractivity contribution in [3.63, 3.8) is 0 Å². The van der Waals surface area contributed by atoms with Crippen LogP contribution in [-0.2, 0) is 9.47 Å². The van der Waals surface area contributed by atoms with Crippen LogP contribution in [0.15, 0.2) is 53.3 Å². The van der Waals surface area contributed by atoms with Crippen LogP contribution in [0.5, 0.6) is 0 Å². The van der Waals surface area contributed by atoms with Crippen LogP contribution in [0.4, 0.5) is 9.59 Å². The number of aromatic nitrogens is 2. The van der Waals surface area contributed by atoms with E-state index in [-0.39, 0.29) is 13.2 Å². The van der Waals surface area contributed by atoms with E-state index in [9.17, 15) is 14.4 Å². The molecule has 0 amide bonds. The summed E-state index contributed by atoms with van der Waals surface area (Å²) in [6.07, 6.45) is -1.37. The van der Waals surface area contributed by atoms with E-state index in [1.807, 2.05) is 31.2 Å². The van der Waals surface area contributed by atoms with E-state index in [0.717, 1.165) is 15.7 Å². The molecule has 7 heteroatoms. The van der Waals surface area contributed by atoms with Crippen molar-refractivity contribution in [2.24, 2.45) is 0 Å². The maximum absolute atomic E-state index is 13.5. The van der Waals surface area contributed by atoms with Crippen molar-refractivity contribution in [2.75, 3.05) is 13.2 Å². The van der Waals surface area contributed by atoms with E-state index in [0.29, 0.717) is 33.1 Å². The van der Waals surface area contributed by atoms with E-state index >= 15 is 0 Å². The first-order valence-corrected chi connectivity index (χ1v) is 10.5. The molecular weight excluding hydrogens is 408 g/mol. The van der Waals surface area contributed by atoms with Crippen LogP contribution in [-0.4, -0.2) is 34.5 Å². The Morgan fingerprint density at radius 3 is 2.16 bits per heavy atom. The minimum Gasteiger partial charge on any atom is -0.449 e. The number of pyridine rings is 1. The summed E-state index contributed by atoms with van der Waals surface area (Å²) >= 11 is 0. The summed E-state index contributed by atoms with van der Waals surface area (Å²) in [5.41, 5.74) is 3.50. The molecule has 0 fully saturated rings. The van der Waals surface area contributed by atoms with Crippen molar-refractivity contribution in [3.8, 4) is 11.1 Å². The Morgan fingerprint density at radius 1 is 0.844 bits per heavy atom. The number of carbonyl (C=O) groups is 2. The molecule has 0 atom stereocenters. The van der Waals surface area contributed by atoms with Gasteiger partial charge in [0.15, 0.2) is 0 Å². The van der Waals surface area contributed by atoms with Crippen molar-refractivity contribution in [1.29, 1.82) is 0 Å². The van der Waals surface area contributed by atoms with Crippen LogP contribution >= 0.6 is 0 Å². The SMILES string of the molecule is CCOC(=O)n1c(=O)c(C)c(-c2cccc(C)c2)c2c1c1ccccc1n2C(=O)OCC. The fourth-order valence-corrected chi connectivity index (χ4v) is 4.13. The molecule has 2 aromatic heterocycles. The normalized spacial score (nSPS) is 11.1. The predicted molar refractivity (Wildman–Crippen MR) is 123 cm³/mol. The van der Waals surface area contributed by atoms with Gasteiger partial charge in [-0.3, -0.25) is 4.79 Å². The lowest BCUT2D eigenvalue weighted by molar-refractivity contribution is 0.153. The molecule has 164 valence electrons. The molecule has 2 heterocycles. The van der Waals surface area contributed by atoms with Gasteiger partial charge in [0.05, 0.1) is 29.8 Å². The highest BCUT2D eigenvalue weighted by Gasteiger charge is 2.28. The summed E-state index contributed by atoms with van der Waals surface area (Å²) in [6, 6.07) is 14.8. The lowest BCUT2D eigenvalue weighted by Gasteiger charge is -2.15. The van der Waals surface area contributed by atoms with Crippen LogP contribution in [0, 0.1) is 13.8 Å². The molecule has 2 aromatic carbocycles. The largest absolute Gasteiger partial charge is 0.449 e. The van der Waals surface area contributed by atoms with Crippen molar-refractivity contribution in [3.05, 3.63) is 70.0 Å². The van der Waals surface area contributed by atoms with Gasteiger partial charge in [-0.05, 0) is 39.3 Å². The molecule has 4 aromatic rings. The maximum Gasteiger partial charge on any atom is 0.421 e. The Hall–Kier alpha value is -3.87. The summed E-state index contributed by atoms with van der Waals surface area (Å²) < 4.78 is 13.0. The van der Waals surface area contributed by atoms with E-state index in [1.54, 1.807) is 45.0 Å². The molecule has 32 heavy (non-hydrogen) atoms. The topological polar surface area (TPSA) is 79.5 Å². The number of hydrogen-bond donors (Lipinski definition) is 0. The lowest BCUT2D eigenvalue weighted by Crippen LogP contribution is -2.30. The number of carbonyl (C=O) groups excluding carboxylic acids is 2. The zero-order valence-corrected chi connectivity index (χ0v) is 18.5. The summed E-state index contributed by atoms with van der Waals surface area (Å²) in [5, 5.41) is 0.578. The zero-order valence-electron chi connectivity index (χ0n) is 18.5. The number of hydrogen-bond acceptors (Lipinski definition) is 5. The van der Waals surface area contributed by atoms with Gasteiger partial charge in [0, 0.05) is 16.5 Å². The molecule has 7 nitrogen and oxygen atoms in total. The van der Waals surface area contributed by atoms with Gasteiger partial charge in [-0.1, -0.05) is 48.0 Å². The van der Waals surface area contributed by atoms with Gasteiger partial charge < -0.3 is 9.47 Å². The fourth-order valence-electron chi connectivity index (χ4n) is 4.13. The molecule has 0 saturated carbocycles. The number of benzene rings is 2. The highest BCUT2D eigenvalue weighted by atomic mass is 16.6. The highest BCUT2D eigenvalue weighted by molar-refractivity contribution is 6.17. The van der Waals surface area contributed by atoms with E-state index in [2.05, 4.69) is 0 Å². The van der Waals surface area contributed by atoms with Crippen molar-refractivity contribution < 1.29 is 19.1 Å². The second kappa shape index (κ2) is 8.34. The molecule has 0 spiro atoms. The number of ether oxygens (including phenoxy) is 2. The standard InChI is InChI=1S/C25H24N2O5/c1-5-31-24(29)26-19-13-8-7-12-18(19)21-22(26)20(17-11-9-10-15(3)14-17)16(4)23(28)27(21)25(30)32-6-2/h7-14H,5-6H2,1-4H3. The van der Waals surface area contributed by atoms with Gasteiger partial charge in [-0.2, -0.15) is 0 Å². The van der Waals surface area contributed by atoms with Crippen LogP contribution < -0.4 is 5.56 Å². The third-order valence-electron chi connectivity index (χ3n) is 5.41. The zero-order chi connectivity index (χ0) is 23.0. The number of rotatable bonds is 3.